The molecule has 2 rings (SSSR count). The molecule has 0 aromatic carbocycles. The van der Waals surface area contributed by atoms with E-state index in [0.29, 0.717) is 0 Å². The summed E-state index contributed by atoms with van der Waals surface area (Å²) in [5, 5.41) is 4.59. The Hall–Kier alpha value is -3.62. The van der Waals surface area contributed by atoms with Crippen LogP contribution in [0.5, 0.6) is 0 Å². The van der Waals surface area contributed by atoms with Crippen LogP contribution in [0.2, 0.25) is 0 Å². The first kappa shape index (κ1) is 17.7. The molecule has 0 radical (unpaired) electrons. The predicted octanol–water partition coefficient (Wildman–Crippen LogP) is -0.294. The lowest BCUT2D eigenvalue weighted by Gasteiger charge is -2.06. The van der Waals surface area contributed by atoms with Gasteiger partial charge in [-0.05, 0) is 24.3 Å². The van der Waals surface area contributed by atoms with Crippen LogP contribution in [-0.2, 0) is 14.3 Å². The lowest BCUT2D eigenvalue weighted by Crippen LogP contribution is -2.35. The van der Waals surface area contributed by atoms with Crippen LogP contribution in [0.3, 0.4) is 0 Å². The minimum atomic E-state index is -0.946. The van der Waals surface area contributed by atoms with Crippen molar-refractivity contribution in [2.24, 2.45) is 0 Å². The molecule has 0 unspecified atom stereocenters. The Morgan fingerprint density at radius 3 is 1.60 bits per heavy atom. The zero-order chi connectivity index (χ0) is 18.1. The van der Waals surface area contributed by atoms with E-state index in [-0.39, 0.29) is 11.1 Å². The molecule has 0 bridgehead atoms. The van der Waals surface area contributed by atoms with Crippen LogP contribution in [0.4, 0.5) is 0 Å². The smallest absolute Gasteiger partial charge is 0.333 e. The minimum absolute atomic E-state index is 0.269. The fraction of sp³-hybridized carbons (Fsp3) is 0.125. The van der Waals surface area contributed by atoms with Crippen molar-refractivity contribution in [3.8, 4) is 0 Å². The molecule has 2 heterocycles. The van der Waals surface area contributed by atoms with Crippen molar-refractivity contribution in [1.82, 2.24) is 20.6 Å². The van der Waals surface area contributed by atoms with Gasteiger partial charge >= 0.3 is 11.9 Å². The van der Waals surface area contributed by atoms with Crippen LogP contribution in [0, 0.1) is 0 Å². The van der Waals surface area contributed by atoms with E-state index >= 15 is 0 Å². The highest BCUT2D eigenvalue weighted by Gasteiger charge is 2.14. The fourth-order valence-electron chi connectivity index (χ4n) is 1.70. The minimum Gasteiger partial charge on any atom is -0.390 e. The predicted molar refractivity (Wildman–Crippen MR) is 84.2 cm³/mol. The fourth-order valence-corrected chi connectivity index (χ4v) is 1.70. The van der Waals surface area contributed by atoms with Crippen molar-refractivity contribution in [2.45, 2.75) is 0 Å². The Kier molecular flexibility index (Phi) is 6.29. The summed E-state index contributed by atoms with van der Waals surface area (Å²) >= 11 is 0. The molecule has 2 N–H and O–H groups in total. The van der Waals surface area contributed by atoms with Gasteiger partial charge in [-0.2, -0.15) is 0 Å². The highest BCUT2D eigenvalue weighted by atomic mass is 16.6. The number of esters is 2. The van der Waals surface area contributed by atoms with Crippen LogP contribution in [0.15, 0.2) is 49.1 Å². The number of nitrogens with zero attached hydrogens (tertiary/aromatic N) is 2. The second-order valence-electron chi connectivity index (χ2n) is 4.69. The standard InChI is InChI=1S/C16H14N4O5/c21-13(9-19-15(23)11-3-1-5-17-7-11)25-14(22)10-20-16(24)12-4-2-6-18-8-12/h1-8H,9-10H2,(H,19,23)(H,20,24). The van der Waals surface area contributed by atoms with E-state index in [1.54, 1.807) is 12.1 Å². The molecule has 0 saturated heterocycles. The summed E-state index contributed by atoms with van der Waals surface area (Å²) in [6.45, 7) is -0.980. The second-order valence-corrected chi connectivity index (χ2v) is 4.69. The van der Waals surface area contributed by atoms with Gasteiger partial charge in [0.15, 0.2) is 0 Å². The first-order valence-electron chi connectivity index (χ1n) is 7.16. The van der Waals surface area contributed by atoms with Gasteiger partial charge in [-0.25, -0.2) is 9.59 Å². The second kappa shape index (κ2) is 8.87. The Balaban J connectivity index is 1.70. The lowest BCUT2D eigenvalue weighted by atomic mass is 10.3. The number of nitrogens with one attached hydrogen (secondary N) is 2. The molecular weight excluding hydrogens is 328 g/mol. The molecule has 0 atom stereocenters. The number of carbonyl (C=O) groups is 4. The highest BCUT2D eigenvalue weighted by molar-refractivity contribution is 5.98. The molecule has 2 aromatic rings. The summed E-state index contributed by atoms with van der Waals surface area (Å²) in [6.07, 6.45) is 5.67. The van der Waals surface area contributed by atoms with Gasteiger partial charge < -0.3 is 15.4 Å². The van der Waals surface area contributed by atoms with Crippen LogP contribution in [0.1, 0.15) is 20.7 Å². The van der Waals surface area contributed by atoms with Crippen molar-refractivity contribution in [2.75, 3.05) is 13.1 Å². The third kappa shape index (κ3) is 5.82. The van der Waals surface area contributed by atoms with E-state index in [1.807, 2.05) is 0 Å². The summed E-state index contributed by atoms with van der Waals surface area (Å²) < 4.78 is 4.48. The number of rotatable bonds is 6. The average Bonchev–Trinajstić information content (AvgIpc) is 2.65. The number of ether oxygens (including phenoxy) is 1. The number of amides is 2. The Morgan fingerprint density at radius 1 is 0.800 bits per heavy atom. The van der Waals surface area contributed by atoms with Crippen molar-refractivity contribution in [3.63, 3.8) is 0 Å². The van der Waals surface area contributed by atoms with Gasteiger partial charge in [-0.1, -0.05) is 0 Å². The van der Waals surface area contributed by atoms with Gasteiger partial charge in [0.1, 0.15) is 13.1 Å². The summed E-state index contributed by atoms with van der Waals surface area (Å²) in [5.74, 6) is -2.94. The first-order chi connectivity index (χ1) is 12.1. The molecule has 0 spiro atoms. The normalized spacial score (nSPS) is 9.76. The molecule has 0 fully saturated rings. The Labute approximate surface area is 142 Å². The van der Waals surface area contributed by atoms with Gasteiger partial charge in [-0.15, -0.1) is 0 Å². The quantitative estimate of drug-likeness (QED) is 0.545. The number of aromatic nitrogens is 2. The molecule has 2 amide bonds. The molecule has 0 aliphatic rings. The first-order valence-corrected chi connectivity index (χ1v) is 7.16. The molecule has 2 aromatic heterocycles. The van der Waals surface area contributed by atoms with Crippen LogP contribution >= 0.6 is 0 Å². The topological polar surface area (TPSA) is 127 Å². The lowest BCUT2D eigenvalue weighted by molar-refractivity contribution is -0.158. The van der Waals surface area contributed by atoms with E-state index in [2.05, 4.69) is 25.3 Å². The molecule has 0 aliphatic carbocycles. The number of hydrogen-bond acceptors (Lipinski definition) is 7. The van der Waals surface area contributed by atoms with Gasteiger partial charge in [0.25, 0.3) is 11.8 Å². The maximum atomic E-state index is 11.7. The number of carbonyl (C=O) groups excluding carboxylic acids is 4. The summed E-state index contributed by atoms with van der Waals surface area (Å²) in [5.41, 5.74) is 0.538. The molecular formula is C16H14N4O5. The zero-order valence-corrected chi connectivity index (χ0v) is 13.0. The number of hydrogen-bond donors (Lipinski definition) is 2. The van der Waals surface area contributed by atoms with Crippen molar-refractivity contribution >= 4 is 23.8 Å². The monoisotopic (exact) mass is 342 g/mol. The Bertz CT molecular complexity index is 699. The Morgan fingerprint density at radius 2 is 1.24 bits per heavy atom. The number of pyridine rings is 2. The SMILES string of the molecule is O=C(CNC(=O)c1cccnc1)OC(=O)CNC(=O)c1cccnc1. The van der Waals surface area contributed by atoms with E-state index in [1.165, 1.54) is 36.9 Å². The summed E-state index contributed by atoms with van der Waals surface area (Å²) in [7, 11) is 0. The summed E-state index contributed by atoms with van der Waals surface area (Å²) in [6, 6.07) is 6.18. The molecule has 25 heavy (non-hydrogen) atoms. The third-order valence-electron chi connectivity index (χ3n) is 2.86. The molecule has 128 valence electrons. The van der Waals surface area contributed by atoms with E-state index in [4.69, 9.17) is 0 Å². The molecule has 0 aliphatic heterocycles. The van der Waals surface area contributed by atoms with Crippen molar-refractivity contribution in [1.29, 1.82) is 0 Å². The van der Waals surface area contributed by atoms with Gasteiger partial charge in [-0.3, -0.25) is 19.6 Å². The van der Waals surface area contributed by atoms with Crippen molar-refractivity contribution < 1.29 is 23.9 Å². The molecule has 9 heteroatoms. The van der Waals surface area contributed by atoms with E-state index in [9.17, 15) is 19.2 Å². The van der Waals surface area contributed by atoms with Gasteiger partial charge in [0, 0.05) is 24.8 Å². The summed E-state index contributed by atoms with van der Waals surface area (Å²) in [4.78, 5) is 54.0. The van der Waals surface area contributed by atoms with Gasteiger partial charge in [0.2, 0.25) is 0 Å². The maximum absolute atomic E-state index is 11.7. The van der Waals surface area contributed by atoms with E-state index < -0.39 is 36.8 Å². The van der Waals surface area contributed by atoms with Crippen LogP contribution < -0.4 is 10.6 Å². The van der Waals surface area contributed by atoms with E-state index in [0.717, 1.165) is 0 Å². The van der Waals surface area contributed by atoms with Crippen LogP contribution in [0.25, 0.3) is 0 Å². The van der Waals surface area contributed by atoms with Gasteiger partial charge in [0.05, 0.1) is 11.1 Å². The third-order valence-corrected chi connectivity index (χ3v) is 2.86. The zero-order valence-electron chi connectivity index (χ0n) is 13.0. The molecule has 0 saturated carbocycles. The maximum Gasteiger partial charge on any atom is 0.333 e. The molecule has 9 nitrogen and oxygen atoms in total. The average molecular weight is 342 g/mol. The van der Waals surface area contributed by atoms with Crippen molar-refractivity contribution in [3.05, 3.63) is 60.2 Å². The van der Waals surface area contributed by atoms with Crippen LogP contribution in [-0.4, -0.2) is 46.8 Å². The largest absolute Gasteiger partial charge is 0.390 e. The highest BCUT2D eigenvalue weighted by Crippen LogP contribution is 1.96.